The lowest BCUT2D eigenvalue weighted by Crippen LogP contribution is -2.22. The summed E-state index contributed by atoms with van der Waals surface area (Å²) in [6, 6.07) is 6.92. The Bertz CT molecular complexity index is 563. The first-order chi connectivity index (χ1) is 9.61. The van der Waals surface area contributed by atoms with E-state index in [0.29, 0.717) is 6.04 Å². The smallest absolute Gasteiger partial charge is 0.108 e. The van der Waals surface area contributed by atoms with Crippen LogP contribution in [0, 0.1) is 6.92 Å². The third-order valence-electron chi connectivity index (χ3n) is 3.56. The number of imidazole rings is 1. The van der Waals surface area contributed by atoms with E-state index in [-0.39, 0.29) is 0 Å². The summed E-state index contributed by atoms with van der Waals surface area (Å²) in [5.41, 5.74) is 2.60. The molecule has 0 aliphatic rings. The Morgan fingerprint density at radius 2 is 2.20 bits per heavy atom. The van der Waals surface area contributed by atoms with Gasteiger partial charge in [0.1, 0.15) is 5.82 Å². The molecule has 0 aliphatic carbocycles. The van der Waals surface area contributed by atoms with Gasteiger partial charge in [0.2, 0.25) is 0 Å². The number of aromatic nitrogens is 2. The minimum atomic E-state index is 0.353. The predicted octanol–water partition coefficient (Wildman–Crippen LogP) is 3.77. The van der Waals surface area contributed by atoms with Gasteiger partial charge in [0.25, 0.3) is 0 Å². The summed E-state index contributed by atoms with van der Waals surface area (Å²) in [6.07, 6.45) is 5.88. The SMILES string of the molecule is CCNC(CCc1nccn1C)c1ccc(C)cc1Br. The first-order valence-corrected chi connectivity index (χ1v) is 7.86. The lowest BCUT2D eigenvalue weighted by atomic mass is 10.0. The van der Waals surface area contributed by atoms with E-state index < -0.39 is 0 Å². The normalized spacial score (nSPS) is 12.6. The molecule has 20 heavy (non-hydrogen) atoms. The molecule has 2 rings (SSSR count). The Morgan fingerprint density at radius 3 is 2.80 bits per heavy atom. The summed E-state index contributed by atoms with van der Waals surface area (Å²) in [5.74, 6) is 1.14. The molecular formula is C16H22BrN3. The largest absolute Gasteiger partial charge is 0.338 e. The van der Waals surface area contributed by atoms with Gasteiger partial charge in [0, 0.05) is 36.4 Å². The molecule has 0 aliphatic heterocycles. The lowest BCUT2D eigenvalue weighted by molar-refractivity contribution is 0.504. The van der Waals surface area contributed by atoms with Crippen molar-refractivity contribution in [2.75, 3.05) is 6.54 Å². The number of halogens is 1. The summed E-state index contributed by atoms with van der Waals surface area (Å²) >= 11 is 3.69. The van der Waals surface area contributed by atoms with E-state index in [2.05, 4.69) is 62.8 Å². The zero-order chi connectivity index (χ0) is 14.5. The highest BCUT2D eigenvalue weighted by molar-refractivity contribution is 9.10. The van der Waals surface area contributed by atoms with Crippen molar-refractivity contribution in [2.24, 2.45) is 7.05 Å². The number of hydrogen-bond acceptors (Lipinski definition) is 2. The van der Waals surface area contributed by atoms with Gasteiger partial charge in [0.15, 0.2) is 0 Å². The zero-order valence-corrected chi connectivity index (χ0v) is 13.9. The van der Waals surface area contributed by atoms with E-state index >= 15 is 0 Å². The standard InChI is InChI=1S/C16H22BrN3/c1-4-18-15(7-8-16-19-9-10-20(16)3)13-6-5-12(2)11-14(13)17/h5-6,9-11,15,18H,4,7-8H2,1-3H3. The second-order valence-corrected chi connectivity index (χ2v) is 5.98. The number of hydrogen-bond donors (Lipinski definition) is 1. The Labute approximate surface area is 129 Å². The quantitative estimate of drug-likeness (QED) is 0.870. The van der Waals surface area contributed by atoms with Crippen LogP contribution in [0.15, 0.2) is 35.1 Å². The van der Waals surface area contributed by atoms with Crippen molar-refractivity contribution in [3.63, 3.8) is 0 Å². The van der Waals surface area contributed by atoms with Crippen LogP contribution in [0.25, 0.3) is 0 Å². The fraction of sp³-hybridized carbons (Fsp3) is 0.438. The Balaban J connectivity index is 2.12. The highest BCUT2D eigenvalue weighted by Crippen LogP contribution is 2.27. The Kier molecular flexibility index (Phi) is 5.38. The maximum absolute atomic E-state index is 4.40. The maximum Gasteiger partial charge on any atom is 0.108 e. The van der Waals surface area contributed by atoms with Gasteiger partial charge in [-0.3, -0.25) is 0 Å². The van der Waals surface area contributed by atoms with Gasteiger partial charge < -0.3 is 9.88 Å². The molecular weight excluding hydrogens is 314 g/mol. The van der Waals surface area contributed by atoms with Crippen LogP contribution in [-0.2, 0) is 13.5 Å². The molecule has 1 heterocycles. The van der Waals surface area contributed by atoms with E-state index in [1.54, 1.807) is 0 Å². The van der Waals surface area contributed by atoms with Crippen LogP contribution in [0.2, 0.25) is 0 Å². The highest BCUT2D eigenvalue weighted by atomic mass is 79.9. The molecule has 1 aromatic heterocycles. The number of aryl methyl sites for hydroxylation is 3. The van der Waals surface area contributed by atoms with Crippen molar-refractivity contribution >= 4 is 15.9 Å². The van der Waals surface area contributed by atoms with Crippen molar-refractivity contribution in [3.05, 3.63) is 52.0 Å². The summed E-state index contributed by atoms with van der Waals surface area (Å²) in [5, 5.41) is 3.57. The fourth-order valence-electron chi connectivity index (χ4n) is 2.44. The maximum atomic E-state index is 4.40. The van der Waals surface area contributed by atoms with Crippen LogP contribution in [0.3, 0.4) is 0 Å². The Hall–Kier alpha value is -1.13. The second-order valence-electron chi connectivity index (χ2n) is 5.13. The Morgan fingerprint density at radius 1 is 1.40 bits per heavy atom. The average molecular weight is 336 g/mol. The van der Waals surface area contributed by atoms with Crippen molar-refractivity contribution in [1.29, 1.82) is 0 Å². The predicted molar refractivity (Wildman–Crippen MR) is 86.8 cm³/mol. The molecule has 108 valence electrons. The highest BCUT2D eigenvalue weighted by Gasteiger charge is 2.14. The molecule has 3 nitrogen and oxygen atoms in total. The fourth-order valence-corrected chi connectivity index (χ4v) is 3.21. The molecule has 1 N–H and O–H groups in total. The van der Waals surface area contributed by atoms with Crippen LogP contribution >= 0.6 is 15.9 Å². The van der Waals surface area contributed by atoms with Crippen molar-refractivity contribution in [1.82, 2.24) is 14.9 Å². The molecule has 4 heteroatoms. The second kappa shape index (κ2) is 7.04. The van der Waals surface area contributed by atoms with E-state index in [1.165, 1.54) is 15.6 Å². The van der Waals surface area contributed by atoms with Gasteiger partial charge in [0.05, 0.1) is 0 Å². The molecule has 1 unspecified atom stereocenters. The number of rotatable bonds is 6. The lowest BCUT2D eigenvalue weighted by Gasteiger charge is -2.20. The molecule has 0 saturated heterocycles. The minimum absolute atomic E-state index is 0.353. The first-order valence-electron chi connectivity index (χ1n) is 7.07. The van der Waals surface area contributed by atoms with E-state index in [9.17, 15) is 0 Å². The molecule has 0 saturated carbocycles. The minimum Gasteiger partial charge on any atom is -0.338 e. The molecule has 0 amide bonds. The van der Waals surface area contributed by atoms with Crippen LogP contribution in [-0.4, -0.2) is 16.1 Å². The van der Waals surface area contributed by atoms with Crippen LogP contribution in [0.4, 0.5) is 0 Å². The summed E-state index contributed by atoms with van der Waals surface area (Å²) in [7, 11) is 2.05. The topological polar surface area (TPSA) is 29.9 Å². The molecule has 0 fully saturated rings. The average Bonchev–Trinajstić information content (AvgIpc) is 2.81. The number of nitrogens with one attached hydrogen (secondary N) is 1. The van der Waals surface area contributed by atoms with Gasteiger partial charge in [-0.1, -0.05) is 35.0 Å². The van der Waals surface area contributed by atoms with Gasteiger partial charge in [-0.25, -0.2) is 4.98 Å². The zero-order valence-electron chi connectivity index (χ0n) is 12.4. The van der Waals surface area contributed by atoms with Crippen molar-refractivity contribution < 1.29 is 0 Å². The molecule has 0 radical (unpaired) electrons. The van der Waals surface area contributed by atoms with Gasteiger partial charge >= 0.3 is 0 Å². The van der Waals surface area contributed by atoms with Crippen molar-refractivity contribution in [2.45, 2.75) is 32.7 Å². The van der Waals surface area contributed by atoms with Crippen LogP contribution in [0.1, 0.15) is 36.3 Å². The van der Waals surface area contributed by atoms with E-state index in [1.807, 2.05) is 19.4 Å². The van der Waals surface area contributed by atoms with Gasteiger partial charge in [-0.05, 0) is 37.1 Å². The van der Waals surface area contributed by atoms with Crippen LogP contribution < -0.4 is 5.32 Å². The van der Waals surface area contributed by atoms with E-state index in [0.717, 1.165) is 25.2 Å². The molecule has 2 aromatic rings. The first kappa shape index (κ1) is 15.3. The molecule has 0 bridgehead atoms. The monoisotopic (exact) mass is 335 g/mol. The molecule has 0 spiro atoms. The van der Waals surface area contributed by atoms with Crippen molar-refractivity contribution in [3.8, 4) is 0 Å². The molecule has 1 aromatic carbocycles. The van der Waals surface area contributed by atoms with Crippen LogP contribution in [0.5, 0.6) is 0 Å². The van der Waals surface area contributed by atoms with E-state index in [4.69, 9.17) is 0 Å². The number of benzene rings is 1. The van der Waals surface area contributed by atoms with Gasteiger partial charge in [-0.15, -0.1) is 0 Å². The molecule has 1 atom stereocenters. The van der Waals surface area contributed by atoms with Gasteiger partial charge in [-0.2, -0.15) is 0 Å². The summed E-state index contributed by atoms with van der Waals surface area (Å²) < 4.78 is 3.27. The third kappa shape index (κ3) is 3.70. The third-order valence-corrected chi connectivity index (χ3v) is 4.25. The summed E-state index contributed by atoms with van der Waals surface area (Å²) in [4.78, 5) is 4.40. The summed E-state index contributed by atoms with van der Waals surface area (Å²) in [6.45, 7) is 5.23. The number of nitrogens with zero attached hydrogens (tertiary/aromatic N) is 2.